The van der Waals surface area contributed by atoms with Crippen LogP contribution in [-0.4, -0.2) is 31.1 Å². The average molecular weight is 223 g/mol. The first kappa shape index (κ1) is 11.2. The normalized spacial score (nSPS) is 22.0. The van der Waals surface area contributed by atoms with Crippen LogP contribution in [0.1, 0.15) is 12.8 Å². The molecular weight excluding hydrogens is 205 g/mol. The van der Waals surface area contributed by atoms with E-state index in [1.54, 1.807) is 6.07 Å². The lowest BCUT2D eigenvalue weighted by atomic mass is 10.1. The fourth-order valence-electron chi connectivity index (χ4n) is 2.14. The van der Waals surface area contributed by atoms with Gasteiger partial charge in [0.2, 0.25) is 0 Å². The van der Waals surface area contributed by atoms with Gasteiger partial charge in [0.05, 0.1) is 5.69 Å². The summed E-state index contributed by atoms with van der Waals surface area (Å²) in [4.78, 5) is 2.29. The van der Waals surface area contributed by atoms with Crippen LogP contribution in [0.5, 0.6) is 0 Å². The third kappa shape index (κ3) is 2.64. The Kier molecular flexibility index (Phi) is 3.29. The molecule has 1 unspecified atom stereocenters. The summed E-state index contributed by atoms with van der Waals surface area (Å²) < 4.78 is 13.2. The van der Waals surface area contributed by atoms with Crippen molar-refractivity contribution in [2.75, 3.05) is 31.2 Å². The van der Waals surface area contributed by atoms with E-state index in [0.29, 0.717) is 6.04 Å². The molecule has 1 fully saturated rings. The maximum Gasteiger partial charge on any atom is 0.148 e. The van der Waals surface area contributed by atoms with E-state index in [9.17, 15) is 4.39 Å². The number of likely N-dealkylation sites (N-methyl/N-ethyl adjacent to an activating group) is 1. The van der Waals surface area contributed by atoms with Gasteiger partial charge >= 0.3 is 0 Å². The fourth-order valence-corrected chi connectivity index (χ4v) is 2.14. The summed E-state index contributed by atoms with van der Waals surface area (Å²) in [5.41, 5.74) is 6.45. The van der Waals surface area contributed by atoms with Crippen molar-refractivity contribution in [2.24, 2.45) is 0 Å². The Balaban J connectivity index is 2.00. The number of likely N-dealkylation sites (tertiary alicyclic amines) is 1. The second-order valence-corrected chi connectivity index (χ2v) is 4.48. The lowest BCUT2D eigenvalue weighted by Gasteiger charge is -2.30. The Morgan fingerprint density at radius 2 is 2.31 bits per heavy atom. The van der Waals surface area contributed by atoms with Crippen molar-refractivity contribution < 1.29 is 4.39 Å². The summed E-state index contributed by atoms with van der Waals surface area (Å²) in [7, 11) is 2.11. The van der Waals surface area contributed by atoms with Crippen molar-refractivity contribution >= 4 is 11.4 Å². The molecule has 88 valence electrons. The lowest BCUT2D eigenvalue weighted by molar-refractivity contribution is 0.261. The molecule has 3 nitrogen and oxygen atoms in total. The summed E-state index contributed by atoms with van der Waals surface area (Å²) >= 11 is 0. The first-order chi connectivity index (χ1) is 7.65. The standard InChI is InChI=1S/C12H18FN3/c1-16-6-2-3-10(8-16)15-9-4-5-12(14)11(13)7-9/h4-5,7,10,15H,2-3,6,8,14H2,1H3. The molecule has 0 radical (unpaired) electrons. The minimum Gasteiger partial charge on any atom is -0.396 e. The van der Waals surface area contributed by atoms with E-state index in [2.05, 4.69) is 17.3 Å². The Labute approximate surface area is 95.4 Å². The van der Waals surface area contributed by atoms with Gasteiger partial charge in [-0.15, -0.1) is 0 Å². The number of benzene rings is 1. The second kappa shape index (κ2) is 4.70. The van der Waals surface area contributed by atoms with Gasteiger partial charge in [-0.05, 0) is 44.6 Å². The van der Waals surface area contributed by atoms with Gasteiger partial charge < -0.3 is 16.0 Å². The number of nitrogens with two attached hydrogens (primary N) is 1. The molecule has 1 aliphatic heterocycles. The molecule has 0 aromatic heterocycles. The number of anilines is 2. The quantitative estimate of drug-likeness (QED) is 0.753. The summed E-state index contributed by atoms with van der Waals surface area (Å²) in [5, 5.41) is 3.34. The van der Waals surface area contributed by atoms with Crippen LogP contribution in [0.2, 0.25) is 0 Å². The SMILES string of the molecule is CN1CCCC(Nc2ccc(N)c(F)c2)C1. The second-order valence-electron chi connectivity index (χ2n) is 4.48. The zero-order chi connectivity index (χ0) is 11.5. The molecule has 16 heavy (non-hydrogen) atoms. The summed E-state index contributed by atoms with van der Waals surface area (Å²) in [5.74, 6) is -0.353. The number of hydrogen-bond acceptors (Lipinski definition) is 3. The van der Waals surface area contributed by atoms with Crippen LogP contribution in [0.4, 0.5) is 15.8 Å². The van der Waals surface area contributed by atoms with Crippen LogP contribution in [0, 0.1) is 5.82 Å². The minimum atomic E-state index is -0.353. The third-order valence-corrected chi connectivity index (χ3v) is 3.00. The van der Waals surface area contributed by atoms with Crippen molar-refractivity contribution in [3.05, 3.63) is 24.0 Å². The average Bonchev–Trinajstić information content (AvgIpc) is 2.24. The topological polar surface area (TPSA) is 41.3 Å². The van der Waals surface area contributed by atoms with Crippen LogP contribution in [0.15, 0.2) is 18.2 Å². The van der Waals surface area contributed by atoms with E-state index in [1.165, 1.54) is 12.5 Å². The Hall–Kier alpha value is -1.29. The molecule has 1 atom stereocenters. The molecule has 0 spiro atoms. The van der Waals surface area contributed by atoms with Gasteiger partial charge in [0.15, 0.2) is 0 Å². The maximum atomic E-state index is 13.2. The summed E-state index contributed by atoms with van der Waals surface area (Å²) in [6, 6.07) is 5.29. The van der Waals surface area contributed by atoms with E-state index in [4.69, 9.17) is 5.73 Å². The van der Waals surface area contributed by atoms with Crippen LogP contribution in [-0.2, 0) is 0 Å². The number of hydrogen-bond donors (Lipinski definition) is 2. The molecule has 1 saturated heterocycles. The van der Waals surface area contributed by atoms with Gasteiger partial charge in [-0.2, -0.15) is 0 Å². The smallest absolute Gasteiger partial charge is 0.148 e. The van der Waals surface area contributed by atoms with E-state index < -0.39 is 0 Å². The highest BCUT2D eigenvalue weighted by Crippen LogP contribution is 2.19. The van der Waals surface area contributed by atoms with Crippen LogP contribution in [0.3, 0.4) is 0 Å². The van der Waals surface area contributed by atoms with Gasteiger partial charge in [0, 0.05) is 18.3 Å². The third-order valence-electron chi connectivity index (χ3n) is 3.00. The summed E-state index contributed by atoms with van der Waals surface area (Å²) in [6.45, 7) is 2.15. The Morgan fingerprint density at radius 3 is 3.00 bits per heavy atom. The molecule has 0 aliphatic carbocycles. The molecule has 0 saturated carbocycles. The molecule has 1 aliphatic rings. The largest absolute Gasteiger partial charge is 0.396 e. The Bertz CT molecular complexity index is 367. The highest BCUT2D eigenvalue weighted by atomic mass is 19.1. The monoisotopic (exact) mass is 223 g/mol. The van der Waals surface area contributed by atoms with E-state index in [0.717, 1.165) is 25.2 Å². The van der Waals surface area contributed by atoms with Gasteiger partial charge in [0.25, 0.3) is 0 Å². The van der Waals surface area contributed by atoms with Crippen LogP contribution < -0.4 is 11.1 Å². The molecule has 0 amide bonds. The van der Waals surface area contributed by atoms with Gasteiger partial charge in [-0.1, -0.05) is 0 Å². The van der Waals surface area contributed by atoms with E-state index in [1.807, 2.05) is 6.07 Å². The highest BCUT2D eigenvalue weighted by Gasteiger charge is 2.16. The molecule has 1 aromatic rings. The number of nitrogen functional groups attached to an aromatic ring is 1. The highest BCUT2D eigenvalue weighted by molar-refractivity contribution is 5.52. The number of halogens is 1. The lowest BCUT2D eigenvalue weighted by Crippen LogP contribution is -2.39. The van der Waals surface area contributed by atoms with E-state index in [-0.39, 0.29) is 11.5 Å². The van der Waals surface area contributed by atoms with Crippen LogP contribution >= 0.6 is 0 Å². The molecule has 1 heterocycles. The van der Waals surface area contributed by atoms with Crippen molar-refractivity contribution in [3.8, 4) is 0 Å². The predicted molar refractivity (Wildman–Crippen MR) is 65.0 cm³/mol. The summed E-state index contributed by atoms with van der Waals surface area (Å²) in [6.07, 6.45) is 2.32. The minimum absolute atomic E-state index is 0.200. The van der Waals surface area contributed by atoms with Crippen molar-refractivity contribution in [2.45, 2.75) is 18.9 Å². The van der Waals surface area contributed by atoms with E-state index >= 15 is 0 Å². The maximum absolute atomic E-state index is 13.2. The number of rotatable bonds is 2. The first-order valence-corrected chi connectivity index (χ1v) is 5.65. The molecule has 4 heteroatoms. The number of nitrogens with zero attached hydrogens (tertiary/aromatic N) is 1. The first-order valence-electron chi connectivity index (χ1n) is 5.65. The predicted octanol–water partition coefficient (Wildman–Crippen LogP) is 1.91. The van der Waals surface area contributed by atoms with Crippen molar-refractivity contribution in [1.82, 2.24) is 4.90 Å². The van der Waals surface area contributed by atoms with Crippen molar-refractivity contribution in [1.29, 1.82) is 0 Å². The number of piperidine rings is 1. The van der Waals surface area contributed by atoms with Gasteiger partial charge in [0.1, 0.15) is 5.82 Å². The molecule has 0 bridgehead atoms. The van der Waals surface area contributed by atoms with Gasteiger partial charge in [-0.25, -0.2) is 4.39 Å². The fraction of sp³-hybridized carbons (Fsp3) is 0.500. The van der Waals surface area contributed by atoms with Crippen molar-refractivity contribution in [3.63, 3.8) is 0 Å². The molecule has 2 rings (SSSR count). The molecule has 3 N–H and O–H groups in total. The molecule has 1 aromatic carbocycles. The number of nitrogens with one attached hydrogen (secondary N) is 1. The molecular formula is C12H18FN3. The zero-order valence-electron chi connectivity index (χ0n) is 9.54. The van der Waals surface area contributed by atoms with Gasteiger partial charge in [-0.3, -0.25) is 0 Å². The van der Waals surface area contributed by atoms with Crippen LogP contribution in [0.25, 0.3) is 0 Å². The zero-order valence-corrected chi connectivity index (χ0v) is 9.54. The Morgan fingerprint density at radius 1 is 1.50 bits per heavy atom.